The highest BCUT2D eigenvalue weighted by Gasteiger charge is 2.15. The molecule has 3 aromatic rings. The Morgan fingerprint density at radius 1 is 1.32 bits per heavy atom. The summed E-state index contributed by atoms with van der Waals surface area (Å²) < 4.78 is 14.7. The van der Waals surface area contributed by atoms with E-state index in [1.165, 1.54) is 0 Å². The monoisotopic (exact) mass is 353 g/mol. The van der Waals surface area contributed by atoms with Crippen LogP contribution in [0.15, 0.2) is 45.4 Å². The second-order valence-electron chi connectivity index (χ2n) is 4.23. The lowest BCUT2D eigenvalue weighted by molar-refractivity contribution is 0.817. The predicted molar refractivity (Wildman–Crippen MR) is 90.4 cm³/mol. The van der Waals surface area contributed by atoms with Crippen molar-refractivity contribution in [3.63, 3.8) is 0 Å². The molecule has 0 saturated heterocycles. The fraction of sp³-hybridized carbons (Fsp3) is 0. The van der Waals surface area contributed by atoms with Crippen molar-refractivity contribution in [3.8, 4) is 5.82 Å². The normalized spacial score (nSPS) is 11.6. The van der Waals surface area contributed by atoms with Crippen LogP contribution < -0.4 is 5.73 Å². The lowest BCUT2D eigenvalue weighted by Crippen LogP contribution is -2.02. The first-order chi connectivity index (χ1) is 10.6. The SMILES string of the molecule is N/C=N/c1nc(-n2c(S)ccc2SF)c2cc(Cl)ccc2n1. The van der Waals surface area contributed by atoms with Gasteiger partial charge in [0.15, 0.2) is 5.82 Å². The topological polar surface area (TPSA) is 69.1 Å². The third kappa shape index (κ3) is 2.65. The zero-order valence-corrected chi connectivity index (χ0v) is 13.4. The molecule has 0 atom stereocenters. The van der Waals surface area contributed by atoms with Crippen LogP contribution >= 0.6 is 36.4 Å². The van der Waals surface area contributed by atoms with Gasteiger partial charge < -0.3 is 5.73 Å². The van der Waals surface area contributed by atoms with Gasteiger partial charge in [-0.1, -0.05) is 11.6 Å². The molecule has 22 heavy (non-hydrogen) atoms. The van der Waals surface area contributed by atoms with Crippen molar-refractivity contribution in [2.45, 2.75) is 10.1 Å². The molecule has 0 saturated carbocycles. The van der Waals surface area contributed by atoms with E-state index in [4.69, 9.17) is 17.3 Å². The Hall–Kier alpha value is -1.77. The number of rotatable bonds is 3. The molecular weight excluding hydrogens is 345 g/mol. The molecule has 3 rings (SSSR count). The highest BCUT2D eigenvalue weighted by molar-refractivity contribution is 7.94. The molecular formula is C13H9ClFN5S2. The summed E-state index contributed by atoms with van der Waals surface area (Å²) in [6, 6.07) is 8.44. The van der Waals surface area contributed by atoms with Crippen LogP contribution in [0.1, 0.15) is 0 Å². The van der Waals surface area contributed by atoms with Gasteiger partial charge in [-0.2, -0.15) is 8.87 Å². The zero-order chi connectivity index (χ0) is 15.7. The summed E-state index contributed by atoms with van der Waals surface area (Å²) in [5, 5.41) is 2.05. The maximum atomic E-state index is 13.2. The maximum absolute atomic E-state index is 13.2. The molecule has 0 aliphatic heterocycles. The minimum absolute atomic E-state index is 0.101. The van der Waals surface area contributed by atoms with Crippen LogP contribution in [-0.4, -0.2) is 20.9 Å². The van der Waals surface area contributed by atoms with Gasteiger partial charge in [-0.25, -0.2) is 9.98 Å². The Morgan fingerprint density at radius 2 is 2.14 bits per heavy atom. The number of aromatic nitrogens is 3. The van der Waals surface area contributed by atoms with Crippen molar-refractivity contribution in [3.05, 3.63) is 35.4 Å². The molecule has 0 unspecified atom stereocenters. The summed E-state index contributed by atoms with van der Waals surface area (Å²) in [5.41, 5.74) is 5.92. The van der Waals surface area contributed by atoms with Crippen LogP contribution in [0.4, 0.5) is 9.83 Å². The van der Waals surface area contributed by atoms with Crippen molar-refractivity contribution in [1.29, 1.82) is 0 Å². The van der Waals surface area contributed by atoms with E-state index >= 15 is 0 Å². The van der Waals surface area contributed by atoms with E-state index < -0.39 is 0 Å². The molecule has 5 nitrogen and oxygen atoms in total. The number of hydrogen-bond acceptors (Lipinski definition) is 5. The second kappa shape index (κ2) is 6.15. The van der Waals surface area contributed by atoms with Crippen LogP contribution in [0.2, 0.25) is 5.02 Å². The number of fused-ring (bicyclic) bond motifs is 1. The van der Waals surface area contributed by atoms with E-state index in [2.05, 4.69) is 27.6 Å². The highest BCUT2D eigenvalue weighted by Crippen LogP contribution is 2.32. The average molecular weight is 354 g/mol. The minimum atomic E-state index is 0.101. The molecule has 0 bridgehead atoms. The van der Waals surface area contributed by atoms with Gasteiger partial charge in [0.1, 0.15) is 17.2 Å². The number of halogens is 2. The van der Waals surface area contributed by atoms with Gasteiger partial charge >= 0.3 is 0 Å². The smallest absolute Gasteiger partial charge is 0.253 e. The van der Waals surface area contributed by atoms with Gasteiger partial charge in [0.05, 0.1) is 16.9 Å². The van der Waals surface area contributed by atoms with Gasteiger partial charge in [0.25, 0.3) is 5.95 Å². The Labute approximate surface area is 140 Å². The quantitative estimate of drug-likeness (QED) is 0.425. The first kappa shape index (κ1) is 15.1. The van der Waals surface area contributed by atoms with Crippen LogP contribution in [-0.2, 0) is 0 Å². The van der Waals surface area contributed by atoms with Crippen molar-refractivity contribution < 1.29 is 3.89 Å². The molecule has 2 N–H and O–H groups in total. The van der Waals surface area contributed by atoms with Crippen molar-refractivity contribution >= 4 is 59.6 Å². The first-order valence-electron chi connectivity index (χ1n) is 6.05. The molecule has 0 spiro atoms. The van der Waals surface area contributed by atoms with E-state index in [9.17, 15) is 3.89 Å². The number of aliphatic imine (C=N–C) groups is 1. The molecule has 2 aromatic heterocycles. The number of benzene rings is 1. The lowest BCUT2D eigenvalue weighted by Gasteiger charge is -2.11. The Kier molecular flexibility index (Phi) is 4.23. The molecule has 9 heteroatoms. The lowest BCUT2D eigenvalue weighted by atomic mass is 10.2. The van der Waals surface area contributed by atoms with Crippen LogP contribution in [0.25, 0.3) is 16.7 Å². The van der Waals surface area contributed by atoms with Gasteiger partial charge in [0, 0.05) is 10.4 Å². The summed E-state index contributed by atoms with van der Waals surface area (Å²) in [4.78, 5) is 12.5. The molecule has 2 heterocycles. The molecule has 0 aliphatic carbocycles. The Morgan fingerprint density at radius 3 is 2.86 bits per heavy atom. The third-order valence-corrected chi connectivity index (χ3v) is 3.99. The molecule has 112 valence electrons. The Bertz CT molecular complexity index is 880. The second-order valence-corrected chi connectivity index (χ2v) is 5.70. The number of hydrogen-bond donors (Lipinski definition) is 2. The van der Waals surface area contributed by atoms with E-state index in [0.29, 0.717) is 31.8 Å². The summed E-state index contributed by atoms with van der Waals surface area (Å²) >= 11 is 10.5. The fourth-order valence-electron chi connectivity index (χ4n) is 2.05. The zero-order valence-electron chi connectivity index (χ0n) is 10.9. The molecule has 0 amide bonds. The highest BCUT2D eigenvalue weighted by atomic mass is 35.5. The van der Waals surface area contributed by atoms with Crippen LogP contribution in [0.3, 0.4) is 0 Å². The molecule has 1 aromatic carbocycles. The van der Waals surface area contributed by atoms with Crippen molar-refractivity contribution in [2.24, 2.45) is 10.7 Å². The van der Waals surface area contributed by atoms with E-state index in [1.807, 2.05) is 0 Å². The van der Waals surface area contributed by atoms with E-state index in [0.717, 1.165) is 6.34 Å². The largest absolute Gasteiger partial charge is 0.390 e. The molecule has 0 aliphatic rings. The van der Waals surface area contributed by atoms with Crippen LogP contribution in [0, 0.1) is 0 Å². The van der Waals surface area contributed by atoms with Gasteiger partial charge in [0.2, 0.25) is 0 Å². The average Bonchev–Trinajstić information content (AvgIpc) is 2.88. The van der Waals surface area contributed by atoms with Crippen LogP contribution in [0.5, 0.6) is 0 Å². The first-order valence-corrected chi connectivity index (χ1v) is 7.59. The molecule has 0 radical (unpaired) electrons. The summed E-state index contributed by atoms with van der Waals surface area (Å²) in [5.74, 6) is 0.604. The fourth-order valence-corrected chi connectivity index (χ4v) is 2.94. The van der Waals surface area contributed by atoms with Gasteiger partial charge in [-0.3, -0.25) is 4.57 Å². The summed E-state index contributed by atoms with van der Waals surface area (Å²) in [6.07, 6.45) is 1.10. The third-order valence-electron chi connectivity index (χ3n) is 2.93. The van der Waals surface area contributed by atoms with Gasteiger partial charge in [-0.05, 0) is 30.3 Å². The van der Waals surface area contributed by atoms with Crippen molar-refractivity contribution in [2.75, 3.05) is 0 Å². The number of nitrogens with two attached hydrogens (primary N) is 1. The van der Waals surface area contributed by atoms with E-state index in [1.54, 1.807) is 34.9 Å². The summed E-state index contributed by atoms with van der Waals surface area (Å²) in [7, 11) is 0. The van der Waals surface area contributed by atoms with Crippen molar-refractivity contribution in [1.82, 2.24) is 14.5 Å². The predicted octanol–water partition coefficient (Wildman–Crippen LogP) is 3.96. The Balaban J connectivity index is 2.39. The minimum Gasteiger partial charge on any atom is -0.390 e. The number of nitrogens with zero attached hydrogens (tertiary/aromatic N) is 4. The van der Waals surface area contributed by atoms with E-state index in [-0.39, 0.29) is 18.1 Å². The molecule has 0 fully saturated rings. The summed E-state index contributed by atoms with van der Waals surface area (Å²) in [6.45, 7) is 0. The van der Waals surface area contributed by atoms with Gasteiger partial charge in [-0.15, -0.1) is 12.6 Å². The standard InChI is InChI=1S/C13H9ClFN5S2/c14-7-1-2-9-8(5-7)12(19-13(18-9)17-6-16)20-10(21)3-4-11(20)22-15/h1-6,21H,(H2,16,17,18,19). The number of thiol groups is 1. The maximum Gasteiger partial charge on any atom is 0.253 e.